The van der Waals surface area contributed by atoms with Crippen LogP contribution in [0.5, 0.6) is 0 Å². The highest BCUT2D eigenvalue weighted by molar-refractivity contribution is 5.72. The van der Waals surface area contributed by atoms with Crippen molar-refractivity contribution in [3.05, 3.63) is 11.1 Å². The van der Waals surface area contributed by atoms with E-state index in [-0.39, 0.29) is 60.4 Å². The lowest BCUT2D eigenvalue weighted by atomic mass is 9.39. The molecular formula is C34H50O9. The average molecular weight is 603 g/mol. The molecule has 0 spiro atoms. The van der Waals surface area contributed by atoms with Crippen LogP contribution >= 0.6 is 0 Å². The summed E-state index contributed by atoms with van der Waals surface area (Å²) in [5.41, 5.74) is 0.858. The van der Waals surface area contributed by atoms with Crippen molar-refractivity contribution in [2.75, 3.05) is 26.9 Å². The van der Waals surface area contributed by atoms with Gasteiger partial charge in [-0.1, -0.05) is 40.2 Å². The van der Waals surface area contributed by atoms with Crippen LogP contribution in [0.2, 0.25) is 0 Å². The van der Waals surface area contributed by atoms with Crippen molar-refractivity contribution in [1.29, 1.82) is 0 Å². The number of hydrogen-bond acceptors (Lipinski definition) is 9. The predicted octanol–water partition coefficient (Wildman–Crippen LogP) is 4.65. The Hall–Kier alpha value is -1.97. The lowest BCUT2D eigenvalue weighted by molar-refractivity contribution is -0.253. The molecule has 43 heavy (non-hydrogen) atoms. The van der Waals surface area contributed by atoms with E-state index in [1.807, 2.05) is 13.8 Å². The molecule has 3 saturated heterocycles. The van der Waals surface area contributed by atoms with Gasteiger partial charge in [0.1, 0.15) is 12.2 Å². The van der Waals surface area contributed by atoms with Gasteiger partial charge < -0.3 is 28.4 Å². The van der Waals surface area contributed by atoms with Crippen molar-refractivity contribution in [3.8, 4) is 0 Å². The molecule has 13 atom stereocenters. The number of fused-ring (bicyclic) bond motifs is 4. The van der Waals surface area contributed by atoms with E-state index in [2.05, 4.69) is 27.7 Å². The summed E-state index contributed by atoms with van der Waals surface area (Å²) >= 11 is 0. The molecule has 0 aromatic carbocycles. The van der Waals surface area contributed by atoms with Gasteiger partial charge in [0.2, 0.25) is 0 Å². The Labute approximate surface area is 255 Å². The molecule has 9 nitrogen and oxygen atoms in total. The van der Waals surface area contributed by atoms with Gasteiger partial charge in [-0.05, 0) is 49.5 Å². The molecule has 240 valence electrons. The first-order valence-corrected chi connectivity index (χ1v) is 16.3. The standard InChI is InChI=1S/C34H50O9/c1-9-17(2)31(37)43-25-14-24(41-19(4)35)32(5)16-40-28-29(32)33(25,6)23(13-26(36)38-8)34(7)27-18(3)21(20-10-11-39-15-20)12-22(27)42-30(28)34/h17,20-25,28-30H,9-16H2,1-8H3/t17?,20?,21-,22-,23-,24-,25+,28-,29?,30-,32-,33+,34-/m1/s1. The highest BCUT2D eigenvalue weighted by Crippen LogP contribution is 2.74. The maximum absolute atomic E-state index is 13.5. The third-order valence-corrected chi connectivity index (χ3v) is 12.9. The third-order valence-electron chi connectivity index (χ3n) is 12.9. The van der Waals surface area contributed by atoms with E-state index in [1.54, 1.807) is 0 Å². The van der Waals surface area contributed by atoms with Crippen LogP contribution in [0.1, 0.15) is 80.6 Å². The van der Waals surface area contributed by atoms with Crippen LogP contribution in [0.4, 0.5) is 0 Å². The SMILES string of the molecule is CCC(C)C(=O)O[C@H]1C[C@@H](OC(C)=O)[C@@]2(C)CO[C@@H]3C2[C@@]1(C)[C@@H](CC(=O)OC)[C@]1(C)C2=C(C)[C@H](C4CCOC4)C[C@H]2O[C@H]31. The lowest BCUT2D eigenvalue weighted by Gasteiger charge is -2.65. The van der Waals surface area contributed by atoms with Crippen molar-refractivity contribution in [1.82, 2.24) is 0 Å². The first-order valence-electron chi connectivity index (χ1n) is 16.3. The van der Waals surface area contributed by atoms with Crippen molar-refractivity contribution in [3.63, 3.8) is 0 Å². The highest BCUT2D eigenvalue weighted by Gasteiger charge is 2.78. The zero-order chi connectivity index (χ0) is 31.1. The molecule has 0 radical (unpaired) electrons. The quantitative estimate of drug-likeness (QED) is 0.234. The smallest absolute Gasteiger partial charge is 0.308 e. The molecule has 0 aromatic rings. The minimum atomic E-state index is -0.685. The van der Waals surface area contributed by atoms with E-state index in [0.717, 1.165) is 26.1 Å². The number of esters is 3. The minimum Gasteiger partial charge on any atom is -0.469 e. The number of methoxy groups -OCH3 is 1. The fourth-order valence-corrected chi connectivity index (χ4v) is 10.7. The van der Waals surface area contributed by atoms with Gasteiger partial charge in [0, 0.05) is 48.5 Å². The summed E-state index contributed by atoms with van der Waals surface area (Å²) in [6.07, 6.45) is 1.36. The Balaban J connectivity index is 1.52. The average Bonchev–Trinajstić information content (AvgIpc) is 3.73. The number of carbonyl (C=O) groups is 3. The third kappa shape index (κ3) is 4.38. The number of ether oxygens (including phenoxy) is 6. The molecule has 9 heteroatoms. The van der Waals surface area contributed by atoms with Gasteiger partial charge in [-0.25, -0.2) is 0 Å². The Morgan fingerprint density at radius 3 is 2.47 bits per heavy atom. The second kappa shape index (κ2) is 10.8. The Morgan fingerprint density at radius 1 is 1.09 bits per heavy atom. The topological polar surface area (TPSA) is 107 Å². The Bertz CT molecular complexity index is 1190. The number of rotatable bonds is 7. The summed E-state index contributed by atoms with van der Waals surface area (Å²) in [5.74, 6) is -0.815. The van der Waals surface area contributed by atoms with Gasteiger partial charge in [0.15, 0.2) is 0 Å². The number of hydrogen-bond donors (Lipinski definition) is 0. The van der Waals surface area contributed by atoms with E-state index in [1.165, 1.54) is 25.2 Å². The monoisotopic (exact) mass is 602 g/mol. The Kier molecular flexibility index (Phi) is 7.82. The molecule has 0 amide bonds. The van der Waals surface area contributed by atoms with E-state index >= 15 is 0 Å². The maximum Gasteiger partial charge on any atom is 0.308 e. The zero-order valence-electron chi connectivity index (χ0n) is 27.1. The molecule has 6 aliphatic rings. The predicted molar refractivity (Wildman–Crippen MR) is 156 cm³/mol. The molecule has 2 saturated carbocycles. The fraction of sp³-hybridized carbons (Fsp3) is 0.853. The van der Waals surface area contributed by atoms with Crippen LogP contribution in [0.3, 0.4) is 0 Å². The summed E-state index contributed by atoms with van der Waals surface area (Å²) < 4.78 is 37.4. The van der Waals surface area contributed by atoms with Gasteiger partial charge in [-0.3, -0.25) is 14.4 Å². The van der Waals surface area contributed by atoms with Gasteiger partial charge in [0.25, 0.3) is 0 Å². The summed E-state index contributed by atoms with van der Waals surface area (Å²) in [5, 5.41) is 0. The van der Waals surface area contributed by atoms with Crippen molar-refractivity contribution in [2.24, 2.45) is 45.8 Å². The van der Waals surface area contributed by atoms with Crippen molar-refractivity contribution >= 4 is 17.9 Å². The number of allylic oxidation sites excluding steroid dienone is 1. The largest absolute Gasteiger partial charge is 0.469 e. The first-order chi connectivity index (χ1) is 20.3. The van der Waals surface area contributed by atoms with Crippen LogP contribution in [-0.2, 0) is 42.8 Å². The summed E-state index contributed by atoms with van der Waals surface area (Å²) in [6.45, 7) is 16.0. The Morgan fingerprint density at radius 2 is 1.84 bits per heavy atom. The van der Waals surface area contributed by atoms with Crippen LogP contribution in [0.25, 0.3) is 0 Å². The van der Waals surface area contributed by atoms with E-state index in [0.29, 0.717) is 31.3 Å². The minimum absolute atomic E-state index is 0.0645. The fourth-order valence-electron chi connectivity index (χ4n) is 10.7. The maximum atomic E-state index is 13.5. The normalized spacial score (nSPS) is 47.0. The molecular weight excluding hydrogens is 552 g/mol. The molecule has 3 aliphatic carbocycles. The van der Waals surface area contributed by atoms with Crippen molar-refractivity contribution < 1.29 is 42.8 Å². The second-order valence-electron chi connectivity index (χ2n) is 14.9. The van der Waals surface area contributed by atoms with E-state index < -0.39 is 28.5 Å². The van der Waals surface area contributed by atoms with E-state index in [4.69, 9.17) is 28.4 Å². The van der Waals surface area contributed by atoms with Crippen LogP contribution in [0, 0.1) is 45.8 Å². The molecule has 3 aliphatic heterocycles. The lowest BCUT2D eigenvalue weighted by Crippen LogP contribution is -2.71. The van der Waals surface area contributed by atoms with Crippen LogP contribution < -0.4 is 0 Å². The molecule has 6 rings (SSSR count). The van der Waals surface area contributed by atoms with Gasteiger partial charge in [-0.2, -0.15) is 0 Å². The van der Waals surface area contributed by atoms with Gasteiger partial charge >= 0.3 is 17.9 Å². The summed E-state index contributed by atoms with van der Waals surface area (Å²) in [4.78, 5) is 39.2. The molecule has 5 fully saturated rings. The number of carbonyl (C=O) groups excluding carboxylic acids is 3. The molecule has 0 bridgehead atoms. The van der Waals surface area contributed by atoms with Crippen LogP contribution in [0.15, 0.2) is 11.1 Å². The van der Waals surface area contributed by atoms with Crippen LogP contribution in [-0.4, -0.2) is 75.4 Å². The van der Waals surface area contributed by atoms with Crippen molar-refractivity contribution in [2.45, 2.75) is 111 Å². The van der Waals surface area contributed by atoms with Gasteiger partial charge in [-0.15, -0.1) is 0 Å². The molecule has 3 heterocycles. The first kappa shape index (κ1) is 31.0. The molecule has 0 N–H and O–H groups in total. The molecule has 3 unspecified atom stereocenters. The highest BCUT2D eigenvalue weighted by atomic mass is 16.6. The molecule has 0 aromatic heterocycles. The summed E-state index contributed by atoms with van der Waals surface area (Å²) in [7, 11) is 1.43. The zero-order valence-corrected chi connectivity index (χ0v) is 27.1. The second-order valence-corrected chi connectivity index (χ2v) is 14.9. The van der Waals surface area contributed by atoms with Gasteiger partial charge in [0.05, 0.1) is 44.6 Å². The summed E-state index contributed by atoms with van der Waals surface area (Å²) in [6, 6.07) is 0. The van der Waals surface area contributed by atoms with E-state index in [9.17, 15) is 14.4 Å².